The van der Waals surface area contributed by atoms with Crippen molar-refractivity contribution in [2.24, 2.45) is 0 Å². The van der Waals surface area contributed by atoms with Crippen LogP contribution in [0.1, 0.15) is 12.8 Å². The number of nitrogens with one attached hydrogen (secondary N) is 1. The van der Waals surface area contributed by atoms with Crippen molar-refractivity contribution in [2.45, 2.75) is 18.9 Å². The molecule has 106 valence electrons. The summed E-state index contributed by atoms with van der Waals surface area (Å²) in [6.45, 7) is -0.0900. The molecule has 0 spiro atoms. The van der Waals surface area contributed by atoms with E-state index in [-0.39, 0.29) is 19.1 Å². The van der Waals surface area contributed by atoms with Gasteiger partial charge in [0.25, 0.3) is 0 Å². The molecule has 0 saturated heterocycles. The molecule has 3 N–H and O–H groups in total. The highest BCUT2D eigenvalue weighted by atomic mass is 79.9. The molecule has 0 saturated carbocycles. The summed E-state index contributed by atoms with van der Waals surface area (Å²) < 4.78 is 6.45. The number of hydrogen-bond acceptors (Lipinski definition) is 4. The van der Waals surface area contributed by atoms with E-state index in [0.717, 1.165) is 10.2 Å². The fourth-order valence-corrected chi connectivity index (χ4v) is 1.67. The summed E-state index contributed by atoms with van der Waals surface area (Å²) in [7, 11) is 0. The predicted molar refractivity (Wildman–Crippen MR) is 75.0 cm³/mol. The van der Waals surface area contributed by atoms with E-state index >= 15 is 0 Å². The Bertz CT molecular complexity index is 379. The molecule has 0 aliphatic heterocycles. The maximum Gasteiger partial charge on any atom is 0.220 e. The van der Waals surface area contributed by atoms with Crippen molar-refractivity contribution >= 4 is 21.8 Å². The summed E-state index contributed by atoms with van der Waals surface area (Å²) in [4.78, 5) is 11.4. The van der Waals surface area contributed by atoms with Gasteiger partial charge in [0.1, 0.15) is 5.75 Å². The molecular weight excluding hydrogens is 314 g/mol. The highest BCUT2D eigenvalue weighted by molar-refractivity contribution is 9.10. The van der Waals surface area contributed by atoms with E-state index in [9.17, 15) is 4.79 Å². The van der Waals surface area contributed by atoms with Gasteiger partial charge in [-0.3, -0.25) is 4.79 Å². The molecule has 0 aliphatic rings. The van der Waals surface area contributed by atoms with Crippen molar-refractivity contribution in [3.8, 4) is 5.75 Å². The zero-order valence-corrected chi connectivity index (χ0v) is 12.1. The van der Waals surface area contributed by atoms with Crippen LogP contribution in [0.2, 0.25) is 0 Å². The van der Waals surface area contributed by atoms with Crippen molar-refractivity contribution in [2.75, 3.05) is 19.8 Å². The van der Waals surface area contributed by atoms with Crippen LogP contribution in [-0.2, 0) is 4.79 Å². The third-order valence-corrected chi connectivity index (χ3v) is 2.97. The third-order valence-electron chi connectivity index (χ3n) is 2.44. The molecule has 1 rings (SSSR count). The first-order valence-corrected chi connectivity index (χ1v) is 6.84. The molecule has 1 aromatic carbocycles. The minimum Gasteiger partial charge on any atom is -0.494 e. The van der Waals surface area contributed by atoms with Gasteiger partial charge in [-0.05, 0) is 30.7 Å². The van der Waals surface area contributed by atoms with Gasteiger partial charge in [-0.25, -0.2) is 0 Å². The van der Waals surface area contributed by atoms with E-state index in [1.807, 2.05) is 24.3 Å². The van der Waals surface area contributed by atoms with Gasteiger partial charge in [-0.15, -0.1) is 0 Å². The van der Waals surface area contributed by atoms with Gasteiger partial charge in [-0.1, -0.05) is 15.9 Å². The molecule has 0 radical (unpaired) electrons. The molecule has 0 bridgehead atoms. The topological polar surface area (TPSA) is 78.8 Å². The molecular formula is C13H18BrNO4. The predicted octanol–water partition coefficient (Wildman–Crippen LogP) is 1.08. The van der Waals surface area contributed by atoms with Crippen LogP contribution in [0.15, 0.2) is 28.7 Å². The fourth-order valence-electron chi connectivity index (χ4n) is 1.40. The van der Waals surface area contributed by atoms with Crippen LogP contribution in [0, 0.1) is 0 Å². The first kappa shape index (κ1) is 15.9. The van der Waals surface area contributed by atoms with Gasteiger partial charge in [0.2, 0.25) is 5.91 Å². The number of benzene rings is 1. The van der Waals surface area contributed by atoms with Gasteiger partial charge >= 0.3 is 0 Å². The molecule has 19 heavy (non-hydrogen) atoms. The summed E-state index contributed by atoms with van der Waals surface area (Å²) in [5, 5.41) is 20.2. The zero-order chi connectivity index (χ0) is 14.1. The summed E-state index contributed by atoms with van der Waals surface area (Å²) in [6, 6.07) is 6.87. The molecule has 1 aromatic rings. The lowest BCUT2D eigenvalue weighted by Gasteiger charge is -2.13. The molecule has 6 heteroatoms. The largest absolute Gasteiger partial charge is 0.494 e. The van der Waals surface area contributed by atoms with Crippen LogP contribution in [0.4, 0.5) is 0 Å². The maximum absolute atomic E-state index is 11.4. The van der Waals surface area contributed by atoms with Crippen LogP contribution in [0.5, 0.6) is 5.75 Å². The Morgan fingerprint density at radius 2 is 1.89 bits per heavy atom. The van der Waals surface area contributed by atoms with E-state index in [1.165, 1.54) is 0 Å². The molecule has 0 aromatic heterocycles. The van der Waals surface area contributed by atoms with Gasteiger partial charge in [0, 0.05) is 10.9 Å². The number of hydrogen-bond donors (Lipinski definition) is 3. The second kappa shape index (κ2) is 8.90. The minimum absolute atomic E-state index is 0.201. The Hall–Kier alpha value is -1.11. The number of amides is 1. The lowest BCUT2D eigenvalue weighted by molar-refractivity contribution is -0.122. The number of carbonyl (C=O) groups excluding carboxylic acids is 1. The number of ether oxygens (including phenoxy) is 1. The van der Waals surface area contributed by atoms with E-state index in [1.54, 1.807) is 0 Å². The fraction of sp³-hybridized carbons (Fsp3) is 0.462. The number of rotatable bonds is 8. The molecule has 0 heterocycles. The molecule has 5 nitrogen and oxygen atoms in total. The number of carbonyl (C=O) groups is 1. The van der Waals surface area contributed by atoms with Crippen LogP contribution in [-0.4, -0.2) is 42.0 Å². The zero-order valence-electron chi connectivity index (χ0n) is 10.5. The smallest absolute Gasteiger partial charge is 0.220 e. The van der Waals surface area contributed by atoms with Crippen LogP contribution < -0.4 is 10.1 Å². The highest BCUT2D eigenvalue weighted by Crippen LogP contribution is 2.16. The Morgan fingerprint density at radius 1 is 1.26 bits per heavy atom. The quantitative estimate of drug-likeness (QED) is 0.623. The van der Waals surface area contributed by atoms with E-state index in [2.05, 4.69) is 21.2 Å². The molecule has 0 fully saturated rings. The number of aliphatic hydroxyl groups is 2. The third kappa shape index (κ3) is 6.56. The second-order valence-corrected chi connectivity index (χ2v) is 4.95. The molecule has 0 unspecified atom stereocenters. The Balaban J connectivity index is 2.16. The van der Waals surface area contributed by atoms with Gasteiger partial charge < -0.3 is 20.3 Å². The Kier molecular flexibility index (Phi) is 7.47. The second-order valence-electron chi connectivity index (χ2n) is 4.04. The Labute approximate surface area is 120 Å². The summed E-state index contributed by atoms with van der Waals surface area (Å²) in [6.07, 6.45) is 0.874. The van der Waals surface area contributed by atoms with Gasteiger partial charge in [0.15, 0.2) is 0 Å². The molecule has 0 atom stereocenters. The van der Waals surface area contributed by atoms with Crippen LogP contribution in [0.3, 0.4) is 0 Å². The highest BCUT2D eigenvalue weighted by Gasteiger charge is 2.09. The van der Waals surface area contributed by atoms with E-state index < -0.39 is 6.04 Å². The lowest BCUT2D eigenvalue weighted by Crippen LogP contribution is -2.40. The van der Waals surface area contributed by atoms with E-state index in [4.69, 9.17) is 14.9 Å². The first-order valence-electron chi connectivity index (χ1n) is 6.05. The van der Waals surface area contributed by atoms with Crippen molar-refractivity contribution < 1.29 is 19.7 Å². The summed E-state index contributed by atoms with van der Waals surface area (Å²) >= 11 is 3.33. The van der Waals surface area contributed by atoms with Gasteiger partial charge in [-0.2, -0.15) is 0 Å². The molecule has 0 aliphatic carbocycles. The van der Waals surface area contributed by atoms with Gasteiger partial charge in [0.05, 0.1) is 25.9 Å². The monoisotopic (exact) mass is 331 g/mol. The normalized spacial score (nSPS) is 10.5. The maximum atomic E-state index is 11.4. The van der Waals surface area contributed by atoms with Crippen molar-refractivity contribution in [1.82, 2.24) is 5.32 Å². The van der Waals surface area contributed by atoms with Crippen molar-refractivity contribution in [1.29, 1.82) is 0 Å². The molecule has 1 amide bonds. The summed E-state index contributed by atoms with van der Waals surface area (Å²) in [5.41, 5.74) is 0. The van der Waals surface area contributed by atoms with Crippen molar-refractivity contribution in [3.05, 3.63) is 28.7 Å². The summed E-state index contributed by atoms with van der Waals surface area (Å²) in [5.74, 6) is 0.555. The van der Waals surface area contributed by atoms with Crippen LogP contribution >= 0.6 is 15.9 Å². The van der Waals surface area contributed by atoms with E-state index in [0.29, 0.717) is 19.4 Å². The lowest BCUT2D eigenvalue weighted by atomic mass is 10.2. The first-order chi connectivity index (χ1) is 9.15. The van der Waals surface area contributed by atoms with Crippen molar-refractivity contribution in [3.63, 3.8) is 0 Å². The number of halogens is 1. The Morgan fingerprint density at radius 3 is 2.47 bits per heavy atom. The van der Waals surface area contributed by atoms with Crippen LogP contribution in [0.25, 0.3) is 0 Å². The number of aliphatic hydroxyl groups excluding tert-OH is 2. The average Bonchev–Trinajstić information content (AvgIpc) is 2.43. The minimum atomic E-state index is -0.583. The SMILES string of the molecule is O=C(CCCOc1ccc(Br)cc1)NC(CO)CO. The average molecular weight is 332 g/mol. The standard InChI is InChI=1S/C13H18BrNO4/c14-10-3-5-12(6-4-10)19-7-1-2-13(18)15-11(8-16)9-17/h3-6,11,16-17H,1-2,7-9H2,(H,15,18).